The van der Waals surface area contributed by atoms with Crippen molar-refractivity contribution in [2.75, 3.05) is 14.2 Å². The van der Waals surface area contributed by atoms with Crippen LogP contribution in [0, 0.1) is 0 Å². The van der Waals surface area contributed by atoms with Crippen LogP contribution in [0.2, 0.25) is 0 Å². The van der Waals surface area contributed by atoms with Gasteiger partial charge in [-0.15, -0.1) is 0 Å². The van der Waals surface area contributed by atoms with E-state index in [1.165, 1.54) is 0 Å². The van der Waals surface area contributed by atoms with Crippen molar-refractivity contribution >= 4 is 0 Å². The second-order valence-electron chi connectivity index (χ2n) is 2.96. The number of hydrogen-bond acceptors (Lipinski definition) is 2. The van der Waals surface area contributed by atoms with E-state index in [9.17, 15) is 0 Å². The predicted molar refractivity (Wildman–Crippen MR) is 35.4 cm³/mol. The van der Waals surface area contributed by atoms with Gasteiger partial charge in [-0.05, 0) is 0 Å². The van der Waals surface area contributed by atoms with E-state index < -0.39 is 0 Å². The van der Waals surface area contributed by atoms with Crippen LogP contribution in [0.25, 0.3) is 0 Å². The molecule has 0 aliphatic carbocycles. The quantitative estimate of drug-likeness (QED) is 0.300. The molecule has 0 saturated carbocycles. The third-order valence-corrected chi connectivity index (χ3v) is 1.17. The van der Waals surface area contributed by atoms with E-state index in [0.717, 1.165) is 0 Å². The molecule has 0 heterocycles. The molecule has 0 aliphatic heterocycles. The van der Waals surface area contributed by atoms with Crippen LogP contribution in [0.5, 0.6) is 0 Å². The standard InChI is InChI=1S/C6H15N2O/c1-6(2,3)8(4)7-9-5/h1-5H3/q+1. The zero-order valence-electron chi connectivity index (χ0n) is 6.80. The minimum Gasteiger partial charge on any atom is -0.351 e. The Bertz CT molecular complexity index is 113. The molecule has 0 aromatic carbocycles. The predicted octanol–water partition coefficient (Wildman–Crippen LogP) is 1.44. The van der Waals surface area contributed by atoms with Gasteiger partial charge in [-0.1, -0.05) is 4.70 Å². The lowest BCUT2D eigenvalue weighted by molar-refractivity contribution is -0.652. The number of hydrogen-bond donors (Lipinski definition) is 0. The first-order valence-corrected chi connectivity index (χ1v) is 2.96. The number of nitrogens with zero attached hydrogens (tertiary/aromatic N) is 2. The maximum atomic E-state index is 4.58. The van der Waals surface area contributed by atoms with E-state index in [1.807, 2.05) is 7.05 Å². The Kier molecular flexibility index (Phi) is 2.62. The summed E-state index contributed by atoms with van der Waals surface area (Å²) in [4.78, 5) is 4.58. The average Bonchev–Trinajstić information content (AvgIpc) is 1.64. The second-order valence-corrected chi connectivity index (χ2v) is 2.96. The lowest BCUT2D eigenvalue weighted by Gasteiger charge is -2.08. The molecule has 0 saturated heterocycles. The summed E-state index contributed by atoms with van der Waals surface area (Å²) in [6, 6.07) is 0. The van der Waals surface area contributed by atoms with Crippen LogP contribution in [0.15, 0.2) is 5.28 Å². The van der Waals surface area contributed by atoms with Crippen molar-refractivity contribution < 1.29 is 9.53 Å². The summed E-state index contributed by atoms with van der Waals surface area (Å²) in [5, 5.41) is 3.73. The Morgan fingerprint density at radius 1 is 1.33 bits per heavy atom. The first-order chi connectivity index (χ1) is 3.98. The van der Waals surface area contributed by atoms with Crippen molar-refractivity contribution in [2.24, 2.45) is 5.28 Å². The van der Waals surface area contributed by atoms with Crippen LogP contribution in [0.3, 0.4) is 0 Å². The van der Waals surface area contributed by atoms with Crippen LogP contribution in [0.4, 0.5) is 0 Å². The van der Waals surface area contributed by atoms with E-state index in [0.29, 0.717) is 0 Å². The van der Waals surface area contributed by atoms with Crippen molar-refractivity contribution in [3.8, 4) is 0 Å². The Morgan fingerprint density at radius 3 is 1.89 bits per heavy atom. The fourth-order valence-electron chi connectivity index (χ4n) is 0.245. The lowest BCUT2D eigenvalue weighted by Crippen LogP contribution is -2.28. The number of rotatable bonds is 1. The maximum Gasteiger partial charge on any atom is 0.186 e. The molecule has 3 nitrogen and oxygen atoms in total. The van der Waals surface area contributed by atoms with E-state index in [1.54, 1.807) is 11.8 Å². The minimum atomic E-state index is 0.0516. The summed E-state index contributed by atoms with van der Waals surface area (Å²) in [7, 11) is 3.42. The molecule has 0 atom stereocenters. The molecule has 0 aromatic heterocycles. The van der Waals surface area contributed by atoms with Crippen LogP contribution in [0.1, 0.15) is 20.8 Å². The van der Waals surface area contributed by atoms with Crippen LogP contribution in [-0.4, -0.2) is 24.4 Å². The molecule has 0 bridgehead atoms. The van der Waals surface area contributed by atoms with Crippen molar-refractivity contribution in [1.82, 2.24) is 0 Å². The molecule has 0 aliphatic rings. The van der Waals surface area contributed by atoms with Gasteiger partial charge in [0.2, 0.25) is 0 Å². The van der Waals surface area contributed by atoms with E-state index in [2.05, 4.69) is 30.9 Å². The minimum absolute atomic E-state index is 0.0516. The van der Waals surface area contributed by atoms with Crippen molar-refractivity contribution in [1.29, 1.82) is 0 Å². The highest BCUT2D eigenvalue weighted by Gasteiger charge is 2.22. The van der Waals surface area contributed by atoms with Gasteiger partial charge < -0.3 is 4.84 Å². The summed E-state index contributed by atoms with van der Waals surface area (Å²) in [5.74, 6) is 0. The Labute approximate surface area is 56.3 Å². The summed E-state index contributed by atoms with van der Waals surface area (Å²) >= 11 is 0. The summed E-state index contributed by atoms with van der Waals surface area (Å²) < 4.78 is 1.77. The van der Waals surface area contributed by atoms with E-state index >= 15 is 0 Å². The van der Waals surface area contributed by atoms with Gasteiger partial charge in [0.05, 0.1) is 0 Å². The molecule has 0 radical (unpaired) electrons. The molecule has 0 unspecified atom stereocenters. The van der Waals surface area contributed by atoms with E-state index in [4.69, 9.17) is 0 Å². The lowest BCUT2D eigenvalue weighted by atomic mass is 10.1. The smallest absolute Gasteiger partial charge is 0.186 e. The largest absolute Gasteiger partial charge is 0.351 e. The SMILES string of the molecule is CON=[N+](C)C(C)(C)C. The molecule has 54 valence electrons. The normalized spacial score (nSPS) is 13.7. The van der Waals surface area contributed by atoms with Gasteiger partial charge in [0, 0.05) is 20.8 Å². The molecule has 0 amide bonds. The molecule has 0 spiro atoms. The van der Waals surface area contributed by atoms with Gasteiger partial charge in [-0.25, -0.2) is 0 Å². The molecule has 3 heteroatoms. The molecular weight excluding hydrogens is 116 g/mol. The maximum absolute atomic E-state index is 4.58. The van der Waals surface area contributed by atoms with Crippen molar-refractivity contribution in [3.05, 3.63) is 0 Å². The van der Waals surface area contributed by atoms with Crippen LogP contribution in [-0.2, 0) is 4.84 Å². The molecular formula is C6H15N2O+. The highest BCUT2D eigenvalue weighted by atomic mass is 16.6. The first-order valence-electron chi connectivity index (χ1n) is 2.96. The molecule has 0 rings (SSSR count). The van der Waals surface area contributed by atoms with Gasteiger partial charge in [0.15, 0.2) is 17.9 Å². The highest BCUT2D eigenvalue weighted by Crippen LogP contribution is 2.04. The first kappa shape index (κ1) is 8.40. The van der Waals surface area contributed by atoms with Gasteiger partial charge in [-0.2, -0.15) is 0 Å². The topological polar surface area (TPSA) is 24.6 Å². The average molecular weight is 131 g/mol. The van der Waals surface area contributed by atoms with Crippen molar-refractivity contribution in [3.63, 3.8) is 0 Å². The monoisotopic (exact) mass is 131 g/mol. The van der Waals surface area contributed by atoms with E-state index in [-0.39, 0.29) is 5.54 Å². The zero-order chi connectivity index (χ0) is 7.49. The fourth-order valence-corrected chi connectivity index (χ4v) is 0.245. The van der Waals surface area contributed by atoms with Crippen LogP contribution >= 0.6 is 0 Å². The summed E-state index contributed by atoms with van der Waals surface area (Å²) in [5.41, 5.74) is 0.0516. The van der Waals surface area contributed by atoms with Gasteiger partial charge in [-0.3, -0.25) is 0 Å². The highest BCUT2D eigenvalue weighted by molar-refractivity contribution is 4.52. The molecule has 0 N–H and O–H groups in total. The Hall–Kier alpha value is -0.600. The summed E-state index contributed by atoms with van der Waals surface area (Å²) in [6.07, 6.45) is 0. The summed E-state index contributed by atoms with van der Waals surface area (Å²) in [6.45, 7) is 6.20. The van der Waals surface area contributed by atoms with Crippen LogP contribution < -0.4 is 0 Å². The molecule has 0 fully saturated rings. The zero-order valence-corrected chi connectivity index (χ0v) is 6.80. The Morgan fingerprint density at radius 2 is 1.78 bits per heavy atom. The Balaban J connectivity index is 4.03. The van der Waals surface area contributed by atoms with Gasteiger partial charge in [0.25, 0.3) is 0 Å². The van der Waals surface area contributed by atoms with Gasteiger partial charge in [0.1, 0.15) is 7.11 Å². The third kappa shape index (κ3) is 3.06. The van der Waals surface area contributed by atoms with Gasteiger partial charge >= 0.3 is 0 Å². The fraction of sp³-hybridized carbons (Fsp3) is 1.00. The molecule has 0 aromatic rings. The molecule has 9 heavy (non-hydrogen) atoms. The third-order valence-electron chi connectivity index (χ3n) is 1.17. The second kappa shape index (κ2) is 2.80. The van der Waals surface area contributed by atoms with Crippen molar-refractivity contribution in [2.45, 2.75) is 26.3 Å².